The van der Waals surface area contributed by atoms with Gasteiger partial charge in [0.25, 0.3) is 0 Å². The molecule has 0 aromatic rings. The monoisotopic (exact) mass is 231 g/mol. The van der Waals surface area contributed by atoms with Crippen LogP contribution in [-0.2, 0) is 9.16 Å². The Kier molecular flexibility index (Phi) is 4.35. The van der Waals surface area contributed by atoms with Gasteiger partial charge in [-0.2, -0.15) is 0 Å². The summed E-state index contributed by atoms with van der Waals surface area (Å²) in [5.41, 5.74) is -0.0973. The van der Waals surface area contributed by atoms with Crippen molar-refractivity contribution < 1.29 is 9.16 Å². The van der Waals surface area contributed by atoms with Gasteiger partial charge in [0.1, 0.15) is 0 Å². The van der Waals surface area contributed by atoms with Crippen molar-refractivity contribution in [1.82, 2.24) is 5.32 Å². The summed E-state index contributed by atoms with van der Waals surface area (Å²) in [4.78, 5) is 0. The Balaban J connectivity index is 2.42. The van der Waals surface area contributed by atoms with Gasteiger partial charge in [-0.05, 0) is 18.9 Å². The molecule has 0 saturated carbocycles. The zero-order valence-electron chi connectivity index (χ0n) is 10.7. The van der Waals surface area contributed by atoms with Crippen LogP contribution in [0.2, 0.25) is 5.04 Å². The van der Waals surface area contributed by atoms with Gasteiger partial charge in [-0.3, -0.25) is 0 Å². The summed E-state index contributed by atoms with van der Waals surface area (Å²) in [7, 11) is -0.495. The van der Waals surface area contributed by atoms with Crippen molar-refractivity contribution in [3.05, 3.63) is 0 Å². The Morgan fingerprint density at radius 3 is 2.40 bits per heavy atom. The number of hydrogen-bond acceptors (Lipinski definition) is 3. The summed E-state index contributed by atoms with van der Waals surface area (Å²) < 4.78 is 11.6. The fourth-order valence-electron chi connectivity index (χ4n) is 1.52. The zero-order chi connectivity index (χ0) is 11.5. The van der Waals surface area contributed by atoms with Crippen molar-refractivity contribution in [3.63, 3.8) is 0 Å². The van der Waals surface area contributed by atoms with E-state index in [0.29, 0.717) is 11.1 Å². The number of rotatable bonds is 3. The van der Waals surface area contributed by atoms with Crippen LogP contribution in [0.3, 0.4) is 0 Å². The first-order valence-electron chi connectivity index (χ1n) is 5.76. The minimum atomic E-state index is -0.495. The Hall–Kier alpha value is 0.0969. The van der Waals surface area contributed by atoms with Gasteiger partial charge in [-0.15, -0.1) is 0 Å². The van der Waals surface area contributed by atoms with Gasteiger partial charge in [0.05, 0.1) is 24.9 Å². The SMILES string of the molecule is CC(C)(C)[SiH2]OC(C)(C)C1COCCN1. The Morgan fingerprint density at radius 2 is 1.93 bits per heavy atom. The van der Waals surface area contributed by atoms with Crippen LogP contribution in [0.4, 0.5) is 0 Å². The van der Waals surface area contributed by atoms with Gasteiger partial charge in [0, 0.05) is 6.54 Å². The van der Waals surface area contributed by atoms with Crippen molar-refractivity contribution in [1.29, 1.82) is 0 Å². The molecule has 1 aliphatic rings. The highest BCUT2D eigenvalue weighted by Gasteiger charge is 2.32. The number of ether oxygens (including phenoxy) is 1. The molecular weight excluding hydrogens is 206 g/mol. The third kappa shape index (κ3) is 4.63. The first-order chi connectivity index (χ1) is 6.81. The zero-order valence-corrected chi connectivity index (χ0v) is 12.1. The standard InChI is InChI=1S/C11H25NO2Si/c1-10(2,3)15-14-11(4,5)9-8-13-7-6-12-9/h9,12H,6-8,15H2,1-5H3. The molecule has 0 spiro atoms. The Morgan fingerprint density at radius 1 is 1.27 bits per heavy atom. The summed E-state index contributed by atoms with van der Waals surface area (Å²) in [6.07, 6.45) is 0. The molecule has 0 bridgehead atoms. The molecule has 1 rings (SSSR count). The third-order valence-electron chi connectivity index (χ3n) is 2.64. The van der Waals surface area contributed by atoms with Crippen LogP contribution in [0, 0.1) is 0 Å². The summed E-state index contributed by atoms with van der Waals surface area (Å²) in [6.45, 7) is 13.6. The van der Waals surface area contributed by atoms with Crippen molar-refractivity contribution >= 4 is 9.76 Å². The largest absolute Gasteiger partial charge is 0.417 e. The molecule has 1 N–H and O–H groups in total. The molecule has 1 aliphatic heterocycles. The average molecular weight is 231 g/mol. The molecule has 15 heavy (non-hydrogen) atoms. The van der Waals surface area contributed by atoms with Crippen molar-refractivity contribution in [2.24, 2.45) is 0 Å². The van der Waals surface area contributed by atoms with Crippen LogP contribution in [0.5, 0.6) is 0 Å². The van der Waals surface area contributed by atoms with E-state index in [-0.39, 0.29) is 5.60 Å². The lowest BCUT2D eigenvalue weighted by molar-refractivity contribution is -0.0140. The second-order valence-corrected chi connectivity index (χ2v) is 8.73. The lowest BCUT2D eigenvalue weighted by Crippen LogP contribution is -2.55. The molecule has 1 atom stereocenters. The number of nitrogens with one attached hydrogen (secondary N) is 1. The van der Waals surface area contributed by atoms with Crippen molar-refractivity contribution in [3.8, 4) is 0 Å². The summed E-state index contributed by atoms with van der Waals surface area (Å²) in [6, 6.07) is 0.334. The normalized spacial score (nSPS) is 25.0. The first kappa shape index (κ1) is 13.2. The minimum Gasteiger partial charge on any atom is -0.417 e. The molecule has 0 aliphatic carbocycles. The maximum absolute atomic E-state index is 6.13. The van der Waals surface area contributed by atoms with Gasteiger partial charge in [-0.25, -0.2) is 0 Å². The molecular formula is C11H25NO2Si. The highest BCUT2D eigenvalue weighted by atomic mass is 28.2. The molecule has 1 heterocycles. The summed E-state index contributed by atoms with van der Waals surface area (Å²) in [5, 5.41) is 3.82. The van der Waals surface area contributed by atoms with Crippen LogP contribution in [0.1, 0.15) is 34.6 Å². The van der Waals surface area contributed by atoms with Gasteiger partial charge in [-0.1, -0.05) is 20.8 Å². The number of morpholine rings is 1. The molecule has 0 radical (unpaired) electrons. The lowest BCUT2D eigenvalue weighted by Gasteiger charge is -2.39. The molecule has 4 heteroatoms. The molecule has 0 aromatic carbocycles. The van der Waals surface area contributed by atoms with Crippen LogP contribution >= 0.6 is 0 Å². The molecule has 1 saturated heterocycles. The minimum absolute atomic E-state index is 0.0973. The van der Waals surface area contributed by atoms with E-state index >= 15 is 0 Å². The molecule has 0 amide bonds. The average Bonchev–Trinajstić information content (AvgIpc) is 2.16. The van der Waals surface area contributed by atoms with E-state index < -0.39 is 9.76 Å². The summed E-state index contributed by atoms with van der Waals surface area (Å²) >= 11 is 0. The smallest absolute Gasteiger partial charge is 0.167 e. The second-order valence-electron chi connectivity index (χ2n) is 6.03. The third-order valence-corrected chi connectivity index (χ3v) is 4.39. The van der Waals surface area contributed by atoms with E-state index in [0.717, 1.165) is 19.8 Å². The predicted molar refractivity (Wildman–Crippen MR) is 66.0 cm³/mol. The van der Waals surface area contributed by atoms with Gasteiger partial charge < -0.3 is 14.5 Å². The quantitative estimate of drug-likeness (QED) is 0.737. The Labute approximate surface area is 95.9 Å². The van der Waals surface area contributed by atoms with Crippen LogP contribution in [-0.4, -0.2) is 41.2 Å². The van der Waals surface area contributed by atoms with Crippen LogP contribution in [0.15, 0.2) is 0 Å². The second kappa shape index (κ2) is 4.95. The van der Waals surface area contributed by atoms with Crippen LogP contribution in [0.25, 0.3) is 0 Å². The highest BCUT2D eigenvalue weighted by Crippen LogP contribution is 2.25. The fourth-order valence-corrected chi connectivity index (χ4v) is 2.52. The molecule has 0 aromatic heterocycles. The van der Waals surface area contributed by atoms with Gasteiger partial charge in [0.15, 0.2) is 9.76 Å². The van der Waals surface area contributed by atoms with E-state index in [4.69, 9.17) is 9.16 Å². The highest BCUT2D eigenvalue weighted by molar-refractivity contribution is 6.31. The van der Waals surface area contributed by atoms with Crippen LogP contribution < -0.4 is 5.32 Å². The van der Waals surface area contributed by atoms with Gasteiger partial charge >= 0.3 is 0 Å². The fraction of sp³-hybridized carbons (Fsp3) is 1.00. The van der Waals surface area contributed by atoms with E-state index in [2.05, 4.69) is 39.9 Å². The predicted octanol–water partition coefficient (Wildman–Crippen LogP) is 1.07. The maximum Gasteiger partial charge on any atom is 0.167 e. The summed E-state index contributed by atoms with van der Waals surface area (Å²) in [5.74, 6) is 0. The molecule has 1 unspecified atom stereocenters. The van der Waals surface area contributed by atoms with E-state index in [1.165, 1.54) is 0 Å². The van der Waals surface area contributed by atoms with Crippen molar-refractivity contribution in [2.75, 3.05) is 19.8 Å². The first-order valence-corrected chi connectivity index (χ1v) is 7.05. The van der Waals surface area contributed by atoms with Gasteiger partial charge in [0.2, 0.25) is 0 Å². The van der Waals surface area contributed by atoms with E-state index in [1.54, 1.807) is 0 Å². The van der Waals surface area contributed by atoms with E-state index in [9.17, 15) is 0 Å². The molecule has 1 fully saturated rings. The number of hydrogen-bond donors (Lipinski definition) is 1. The topological polar surface area (TPSA) is 30.5 Å². The Bertz CT molecular complexity index is 195. The van der Waals surface area contributed by atoms with Crippen molar-refractivity contribution in [2.45, 2.75) is 51.3 Å². The molecule has 3 nitrogen and oxygen atoms in total. The lowest BCUT2D eigenvalue weighted by atomic mass is 9.99. The maximum atomic E-state index is 6.13. The van der Waals surface area contributed by atoms with E-state index in [1.807, 2.05) is 0 Å². The molecule has 90 valence electrons.